The molecule has 2 aliphatic heterocycles. The van der Waals surface area contributed by atoms with Crippen molar-refractivity contribution in [2.75, 3.05) is 54.2 Å². The van der Waals surface area contributed by atoms with Crippen LogP contribution in [-0.2, 0) is 5.41 Å². The fourth-order valence-corrected chi connectivity index (χ4v) is 6.33. The molecule has 2 aromatic heterocycles. The number of nitrogens with one attached hydrogen (secondary N) is 2. The number of benzene rings is 1. The molecule has 1 aliphatic carbocycles. The van der Waals surface area contributed by atoms with E-state index >= 15 is 0 Å². The van der Waals surface area contributed by atoms with Crippen molar-refractivity contribution >= 4 is 29.0 Å². The number of hydrogen-bond donors (Lipinski definition) is 2. The van der Waals surface area contributed by atoms with Gasteiger partial charge in [-0.05, 0) is 48.9 Å². The first-order valence-corrected chi connectivity index (χ1v) is 12.9. The van der Waals surface area contributed by atoms with E-state index in [0.29, 0.717) is 29.7 Å². The van der Waals surface area contributed by atoms with Gasteiger partial charge >= 0.3 is 0 Å². The lowest BCUT2D eigenvalue weighted by molar-refractivity contribution is 0.373. The van der Waals surface area contributed by atoms with Crippen LogP contribution in [0.1, 0.15) is 32.3 Å². The van der Waals surface area contributed by atoms with Gasteiger partial charge in [0.25, 0.3) is 0 Å². The predicted molar refractivity (Wildman–Crippen MR) is 142 cm³/mol. The van der Waals surface area contributed by atoms with Crippen LogP contribution in [0.15, 0.2) is 36.5 Å². The summed E-state index contributed by atoms with van der Waals surface area (Å²) in [5.74, 6) is 3.57. The van der Waals surface area contributed by atoms with Crippen molar-refractivity contribution in [2.45, 2.75) is 38.1 Å². The highest BCUT2D eigenvalue weighted by Crippen LogP contribution is 2.47. The minimum atomic E-state index is -0.244. The molecule has 0 amide bonds. The summed E-state index contributed by atoms with van der Waals surface area (Å²) < 4.78 is 18.9. The van der Waals surface area contributed by atoms with E-state index < -0.39 is 0 Å². The van der Waals surface area contributed by atoms with Crippen LogP contribution in [0.2, 0.25) is 0 Å². The average Bonchev–Trinajstić information content (AvgIpc) is 3.29. The Morgan fingerprint density at radius 3 is 2.46 bits per heavy atom. The fraction of sp³-hybridized carbons (Fsp3) is 0.481. The van der Waals surface area contributed by atoms with Crippen molar-refractivity contribution in [3.05, 3.63) is 47.9 Å². The molecule has 0 unspecified atom stereocenters. The number of aromatic nitrogens is 4. The number of halogens is 1. The smallest absolute Gasteiger partial charge is 0.235 e. The number of anilines is 5. The normalized spacial score (nSPS) is 23.6. The van der Waals surface area contributed by atoms with Crippen LogP contribution < -0.4 is 25.2 Å². The van der Waals surface area contributed by atoms with Gasteiger partial charge in [-0.3, -0.25) is 0 Å². The molecule has 1 aromatic carbocycles. The first-order valence-electron chi connectivity index (χ1n) is 12.9. The minimum absolute atomic E-state index is 0.162. The van der Waals surface area contributed by atoms with Gasteiger partial charge in [0.1, 0.15) is 17.5 Å². The topological polar surface area (TPSA) is 91.3 Å². The highest BCUT2D eigenvalue weighted by atomic mass is 19.1. The lowest BCUT2D eigenvalue weighted by atomic mass is 9.88. The Balaban J connectivity index is 1.28. The Bertz CT molecular complexity index is 1290. The molecule has 1 saturated carbocycles. The number of fused-ring (bicyclic) bond motifs is 3. The Hall–Kier alpha value is -3.69. The molecule has 1 saturated heterocycles. The fourth-order valence-electron chi connectivity index (χ4n) is 6.33. The van der Waals surface area contributed by atoms with Crippen LogP contribution in [-0.4, -0.2) is 60.0 Å². The van der Waals surface area contributed by atoms with Crippen LogP contribution in [0.3, 0.4) is 0 Å². The monoisotopic (exact) mass is 504 g/mol. The van der Waals surface area contributed by atoms with E-state index in [1.54, 1.807) is 7.11 Å². The number of piperidine rings is 1. The highest BCUT2D eigenvalue weighted by molar-refractivity contribution is 5.75. The van der Waals surface area contributed by atoms with Gasteiger partial charge in [-0.1, -0.05) is 13.8 Å². The number of hydrogen-bond acceptors (Lipinski definition) is 9. The van der Waals surface area contributed by atoms with Crippen LogP contribution >= 0.6 is 0 Å². The standard InChI is InChI=1S/C27H33FN8O/c1-27(2)15-36(19-9-7-18(28)8-10-19)25-22(27)24(29-3)32-26(33-25)31-23-16-5-6-17(23)14-35(13-16)20-11-21(37-4)34-30-12-20/h7-12,16-17,23H,5-6,13-15H2,1-4H3,(H2,29,31,32,33)/t16-,17+,23+. The Labute approximate surface area is 216 Å². The molecule has 4 heterocycles. The van der Waals surface area contributed by atoms with Gasteiger partial charge in [0, 0.05) is 55.5 Å². The molecule has 37 heavy (non-hydrogen) atoms. The highest BCUT2D eigenvalue weighted by Gasteiger charge is 2.44. The first kappa shape index (κ1) is 23.7. The van der Waals surface area contributed by atoms with E-state index in [9.17, 15) is 4.39 Å². The lowest BCUT2D eigenvalue weighted by Gasteiger charge is -2.39. The summed E-state index contributed by atoms with van der Waals surface area (Å²) >= 11 is 0. The molecule has 0 radical (unpaired) electrons. The number of methoxy groups -OCH3 is 1. The Morgan fingerprint density at radius 2 is 1.78 bits per heavy atom. The second kappa shape index (κ2) is 9.00. The number of nitrogens with zero attached hydrogens (tertiary/aromatic N) is 6. The molecule has 194 valence electrons. The van der Waals surface area contributed by atoms with Gasteiger partial charge in [-0.15, -0.1) is 5.10 Å². The van der Waals surface area contributed by atoms with Crippen molar-refractivity contribution in [3.8, 4) is 5.88 Å². The summed E-state index contributed by atoms with van der Waals surface area (Å²) in [5.41, 5.74) is 2.90. The molecule has 0 spiro atoms. The van der Waals surface area contributed by atoms with E-state index in [-0.39, 0.29) is 11.2 Å². The summed E-state index contributed by atoms with van der Waals surface area (Å²) in [6, 6.07) is 8.87. The number of ether oxygens (including phenoxy) is 1. The van der Waals surface area contributed by atoms with Crippen LogP contribution in [0.4, 0.5) is 33.3 Å². The maximum atomic E-state index is 13.6. The Kier molecular flexibility index (Phi) is 5.77. The zero-order valence-corrected chi connectivity index (χ0v) is 21.7. The molecule has 3 aromatic rings. The van der Waals surface area contributed by atoms with Crippen molar-refractivity contribution in [1.29, 1.82) is 0 Å². The van der Waals surface area contributed by atoms with Crippen LogP contribution in [0, 0.1) is 17.7 Å². The lowest BCUT2D eigenvalue weighted by Crippen LogP contribution is -2.48. The predicted octanol–water partition coefficient (Wildman–Crippen LogP) is 4.21. The van der Waals surface area contributed by atoms with Crippen LogP contribution in [0.25, 0.3) is 0 Å². The average molecular weight is 505 g/mol. The van der Waals surface area contributed by atoms with Crippen molar-refractivity contribution < 1.29 is 9.13 Å². The van der Waals surface area contributed by atoms with Gasteiger partial charge < -0.3 is 25.2 Å². The first-order chi connectivity index (χ1) is 17.9. The number of rotatable bonds is 6. The maximum absolute atomic E-state index is 13.6. The van der Waals surface area contributed by atoms with Gasteiger partial charge in [0.15, 0.2) is 0 Å². The third-order valence-electron chi connectivity index (χ3n) is 8.07. The molecule has 2 fully saturated rings. The largest absolute Gasteiger partial charge is 0.480 e. The van der Waals surface area contributed by atoms with Crippen molar-refractivity contribution in [1.82, 2.24) is 20.2 Å². The molecule has 2 bridgehead atoms. The molecule has 10 heteroatoms. The van der Waals surface area contributed by atoms with Gasteiger partial charge in [-0.25, -0.2) is 4.39 Å². The van der Waals surface area contributed by atoms with Crippen molar-refractivity contribution in [3.63, 3.8) is 0 Å². The van der Waals surface area contributed by atoms with Gasteiger partial charge in [0.05, 0.1) is 19.0 Å². The quantitative estimate of drug-likeness (QED) is 0.512. The second-order valence-electron chi connectivity index (χ2n) is 10.9. The zero-order valence-electron chi connectivity index (χ0n) is 21.7. The summed E-state index contributed by atoms with van der Waals surface area (Å²) in [5, 5.41) is 15.1. The van der Waals surface area contributed by atoms with E-state index in [4.69, 9.17) is 14.7 Å². The van der Waals surface area contributed by atoms with Gasteiger partial charge in [-0.2, -0.15) is 15.1 Å². The maximum Gasteiger partial charge on any atom is 0.235 e. The molecule has 6 rings (SSSR count). The molecular weight excluding hydrogens is 471 g/mol. The van der Waals surface area contributed by atoms with E-state index in [1.807, 2.05) is 31.4 Å². The summed E-state index contributed by atoms with van der Waals surface area (Å²) in [4.78, 5) is 14.5. The van der Waals surface area contributed by atoms with E-state index in [1.165, 1.54) is 12.1 Å². The summed E-state index contributed by atoms with van der Waals surface area (Å²) in [6.07, 6.45) is 4.13. The van der Waals surface area contributed by atoms with Gasteiger partial charge in [0.2, 0.25) is 11.8 Å². The zero-order chi connectivity index (χ0) is 25.7. The molecule has 3 aliphatic rings. The Morgan fingerprint density at radius 1 is 1.05 bits per heavy atom. The molecule has 9 nitrogen and oxygen atoms in total. The molecular formula is C27H33FN8O. The van der Waals surface area contributed by atoms with E-state index in [2.05, 4.69) is 44.5 Å². The summed E-state index contributed by atoms with van der Waals surface area (Å²) in [7, 11) is 3.52. The van der Waals surface area contributed by atoms with Crippen molar-refractivity contribution in [2.24, 2.45) is 11.8 Å². The third kappa shape index (κ3) is 4.18. The summed E-state index contributed by atoms with van der Waals surface area (Å²) in [6.45, 7) is 7.01. The molecule has 3 atom stereocenters. The molecule has 2 N–H and O–H groups in total. The van der Waals surface area contributed by atoms with E-state index in [0.717, 1.165) is 61.0 Å². The van der Waals surface area contributed by atoms with Crippen LogP contribution in [0.5, 0.6) is 5.88 Å². The third-order valence-corrected chi connectivity index (χ3v) is 8.07. The SMILES string of the molecule is CNc1nc(N[C@H]2[C@@H]3CC[C@H]2CN(c2cnnc(OC)c2)C3)nc2c1C(C)(C)CN2c1ccc(F)cc1. The second-order valence-corrected chi connectivity index (χ2v) is 10.9. The minimum Gasteiger partial charge on any atom is -0.480 e.